The maximum atomic E-state index is 4.08. The molecule has 0 aromatic heterocycles. The summed E-state index contributed by atoms with van der Waals surface area (Å²) in [6, 6.07) is 0.339. The molecule has 2 aliphatic rings. The van der Waals surface area contributed by atoms with E-state index in [1.165, 1.54) is 0 Å². The average Bonchev–Trinajstić information content (AvgIpc) is 2.33. The van der Waals surface area contributed by atoms with Gasteiger partial charge in [0.25, 0.3) is 0 Å². The van der Waals surface area contributed by atoms with Gasteiger partial charge in [0, 0.05) is 4.48 Å². The van der Waals surface area contributed by atoms with E-state index in [0.29, 0.717) is 12.0 Å². The summed E-state index contributed by atoms with van der Waals surface area (Å²) in [7, 11) is 0. The number of halogens is 2. The Hall–Kier alpha value is -0.0900. The van der Waals surface area contributed by atoms with Crippen LogP contribution in [-0.2, 0) is 0 Å². The van der Waals surface area contributed by atoms with E-state index in [9.17, 15) is 0 Å². The molecule has 2 nitrogen and oxygen atoms in total. The Labute approximate surface area is 81.7 Å². The first kappa shape index (κ1) is 7.55. The molecule has 0 radical (unpaired) electrons. The third-order valence-corrected chi connectivity index (χ3v) is 3.02. The molecule has 1 aliphatic carbocycles. The lowest BCUT2D eigenvalue weighted by Gasteiger charge is -2.15. The van der Waals surface area contributed by atoms with Crippen LogP contribution in [0.5, 0.6) is 0 Å². The minimum atomic E-state index is 0.339. The summed E-state index contributed by atoms with van der Waals surface area (Å²) < 4.78 is 2.10. The van der Waals surface area contributed by atoms with Gasteiger partial charge in [-0.3, -0.25) is 0 Å². The van der Waals surface area contributed by atoms with Gasteiger partial charge in [0.15, 0.2) is 0 Å². The predicted molar refractivity (Wildman–Crippen MR) is 52.9 cm³/mol. The number of nitrogens with zero attached hydrogens (tertiary/aromatic N) is 1. The van der Waals surface area contributed by atoms with E-state index in [0.717, 1.165) is 9.10 Å². The molecule has 0 aromatic carbocycles. The van der Waals surface area contributed by atoms with Crippen molar-refractivity contribution < 1.29 is 0 Å². The van der Waals surface area contributed by atoms with Gasteiger partial charge in [-0.05, 0) is 15.9 Å². The van der Waals surface area contributed by atoms with Gasteiger partial charge in [-0.1, -0.05) is 34.2 Å². The summed E-state index contributed by atoms with van der Waals surface area (Å²) in [4.78, 5) is 0. The highest BCUT2D eigenvalue weighted by Crippen LogP contribution is 2.27. The number of nitrogens with one attached hydrogen (secondary N) is 1. The zero-order valence-electron chi connectivity index (χ0n) is 5.59. The summed E-state index contributed by atoms with van der Waals surface area (Å²) in [5, 5.41) is 4.08. The number of hydrogen-bond donors (Lipinski definition) is 1. The van der Waals surface area contributed by atoms with E-state index < -0.39 is 0 Å². The number of allylic oxidation sites excluding steroid dienone is 2. The molecule has 0 unspecified atom stereocenters. The van der Waals surface area contributed by atoms with Gasteiger partial charge in [-0.25, -0.2) is 0 Å². The Balaban J connectivity index is 2.29. The van der Waals surface area contributed by atoms with Crippen LogP contribution in [0.15, 0.2) is 27.8 Å². The molecular formula is C7H6Br2N2. The molecule has 0 bridgehead atoms. The Morgan fingerprint density at radius 1 is 1.45 bits per heavy atom. The largest absolute Gasteiger partial charge is 0.301 e. The molecule has 2 atom stereocenters. The lowest BCUT2D eigenvalue weighted by Crippen LogP contribution is -2.26. The molecule has 0 amide bonds. The van der Waals surface area contributed by atoms with Gasteiger partial charge < -0.3 is 5.43 Å². The minimum Gasteiger partial charge on any atom is -0.301 e. The molecule has 0 saturated carbocycles. The van der Waals surface area contributed by atoms with Crippen molar-refractivity contribution >= 4 is 36.5 Å². The molecule has 0 saturated heterocycles. The maximum absolute atomic E-state index is 4.08. The van der Waals surface area contributed by atoms with Crippen LogP contribution in [0, 0.1) is 5.92 Å². The smallest absolute Gasteiger partial charge is 0.112 e. The highest BCUT2D eigenvalue weighted by Gasteiger charge is 2.28. The summed E-state index contributed by atoms with van der Waals surface area (Å²) in [6.07, 6.45) is 6.28. The fourth-order valence-corrected chi connectivity index (χ4v) is 2.15. The molecule has 58 valence electrons. The van der Waals surface area contributed by atoms with Gasteiger partial charge in [-0.15, -0.1) is 0 Å². The van der Waals surface area contributed by atoms with Crippen molar-refractivity contribution in [2.45, 2.75) is 6.04 Å². The van der Waals surface area contributed by atoms with E-state index in [4.69, 9.17) is 0 Å². The predicted octanol–water partition coefficient (Wildman–Crippen LogP) is 2.13. The second kappa shape index (κ2) is 2.75. The first-order chi connectivity index (χ1) is 5.27. The molecule has 0 aromatic rings. The molecule has 1 aliphatic heterocycles. The quantitative estimate of drug-likeness (QED) is 0.721. The second-order valence-electron chi connectivity index (χ2n) is 2.53. The summed E-state index contributed by atoms with van der Waals surface area (Å²) in [5.41, 5.74) is 3.02. The van der Waals surface area contributed by atoms with E-state index in [-0.39, 0.29) is 0 Å². The molecule has 0 spiro atoms. The van der Waals surface area contributed by atoms with Crippen molar-refractivity contribution in [3.8, 4) is 0 Å². The van der Waals surface area contributed by atoms with E-state index in [1.54, 1.807) is 0 Å². The van der Waals surface area contributed by atoms with Crippen molar-refractivity contribution in [1.29, 1.82) is 0 Å². The van der Waals surface area contributed by atoms with Gasteiger partial charge in [0.05, 0.1) is 12.0 Å². The molecule has 1 heterocycles. The monoisotopic (exact) mass is 276 g/mol. The van der Waals surface area contributed by atoms with Crippen LogP contribution >= 0.6 is 31.9 Å². The number of hydrazone groups is 1. The normalized spacial score (nSPS) is 34.0. The summed E-state index contributed by atoms with van der Waals surface area (Å²) in [5.74, 6) is 0.370. The summed E-state index contributed by atoms with van der Waals surface area (Å²) in [6.45, 7) is 0. The molecule has 2 rings (SSSR count). The van der Waals surface area contributed by atoms with Crippen molar-refractivity contribution in [2.24, 2.45) is 11.0 Å². The Morgan fingerprint density at radius 3 is 3.09 bits per heavy atom. The van der Waals surface area contributed by atoms with E-state index in [2.05, 4.69) is 54.5 Å². The van der Waals surface area contributed by atoms with Gasteiger partial charge in [0.2, 0.25) is 0 Å². The van der Waals surface area contributed by atoms with Crippen LogP contribution in [-0.4, -0.2) is 10.7 Å². The summed E-state index contributed by atoms with van der Waals surface area (Å²) >= 11 is 6.82. The average molecular weight is 278 g/mol. The van der Waals surface area contributed by atoms with Gasteiger partial charge >= 0.3 is 0 Å². The zero-order valence-corrected chi connectivity index (χ0v) is 8.76. The first-order valence-corrected chi connectivity index (χ1v) is 4.90. The fourth-order valence-electron chi connectivity index (χ4n) is 1.20. The second-order valence-corrected chi connectivity index (χ2v) is 4.25. The van der Waals surface area contributed by atoms with Crippen molar-refractivity contribution in [3.05, 3.63) is 22.7 Å². The van der Waals surface area contributed by atoms with Crippen molar-refractivity contribution in [1.82, 2.24) is 5.43 Å². The van der Waals surface area contributed by atoms with Crippen LogP contribution in [0.4, 0.5) is 0 Å². The molecule has 1 N–H and O–H groups in total. The Kier molecular flexibility index (Phi) is 1.89. The van der Waals surface area contributed by atoms with Crippen LogP contribution in [0.2, 0.25) is 0 Å². The Morgan fingerprint density at radius 2 is 2.27 bits per heavy atom. The minimum absolute atomic E-state index is 0.339. The van der Waals surface area contributed by atoms with Crippen molar-refractivity contribution in [3.63, 3.8) is 0 Å². The third-order valence-electron chi connectivity index (χ3n) is 1.78. The lowest BCUT2D eigenvalue weighted by molar-refractivity contribution is 0.621. The first-order valence-electron chi connectivity index (χ1n) is 3.31. The fraction of sp³-hybridized carbons (Fsp3) is 0.286. The maximum Gasteiger partial charge on any atom is 0.112 e. The lowest BCUT2D eigenvalue weighted by atomic mass is 9.98. The standard InChI is InChI=1S/C7H6Br2N2/c8-4-1-2-6-5(3-4)7(9)11-10-6/h1-3,5-6,10H/t5-,6-/m0/s1. The van der Waals surface area contributed by atoms with E-state index >= 15 is 0 Å². The van der Waals surface area contributed by atoms with Crippen LogP contribution < -0.4 is 5.43 Å². The van der Waals surface area contributed by atoms with Gasteiger partial charge in [0.1, 0.15) is 4.62 Å². The van der Waals surface area contributed by atoms with Crippen molar-refractivity contribution in [2.75, 3.05) is 0 Å². The SMILES string of the molecule is BrC1=C[C@@H]2C(Br)=NN[C@H]2C=C1. The van der Waals surface area contributed by atoms with Gasteiger partial charge in [-0.2, -0.15) is 5.10 Å². The molecule has 4 heteroatoms. The van der Waals surface area contributed by atoms with Crippen LogP contribution in [0.25, 0.3) is 0 Å². The highest BCUT2D eigenvalue weighted by molar-refractivity contribution is 9.18. The van der Waals surface area contributed by atoms with E-state index in [1.807, 2.05) is 6.08 Å². The topological polar surface area (TPSA) is 24.4 Å². The zero-order chi connectivity index (χ0) is 7.84. The molecule has 11 heavy (non-hydrogen) atoms. The number of fused-ring (bicyclic) bond motifs is 1. The van der Waals surface area contributed by atoms with Crippen LogP contribution in [0.3, 0.4) is 0 Å². The number of hydrogen-bond acceptors (Lipinski definition) is 2. The Bertz CT molecular complexity index is 268. The third kappa shape index (κ3) is 1.29. The highest BCUT2D eigenvalue weighted by atomic mass is 79.9. The molecular weight excluding hydrogens is 272 g/mol. The molecule has 0 fully saturated rings. The number of rotatable bonds is 0. The van der Waals surface area contributed by atoms with Crippen LogP contribution in [0.1, 0.15) is 0 Å².